The quantitative estimate of drug-likeness (QED) is 0.664. The number of nitro benzene ring substituents is 1. The minimum atomic E-state index is -4.63. The molecule has 1 fully saturated rings. The fraction of sp³-hybridized carbons (Fsp3) is 0.538. The van der Waals surface area contributed by atoms with Gasteiger partial charge in [0.25, 0.3) is 5.69 Å². The predicted molar refractivity (Wildman–Crippen MR) is 69.9 cm³/mol. The van der Waals surface area contributed by atoms with Crippen LogP contribution in [-0.2, 0) is 6.18 Å². The molecule has 21 heavy (non-hydrogen) atoms. The highest BCUT2D eigenvalue weighted by Gasteiger charge is 2.47. The third kappa shape index (κ3) is 2.80. The van der Waals surface area contributed by atoms with Crippen LogP contribution >= 0.6 is 0 Å². The number of aliphatic hydroxyl groups is 1. The highest BCUT2D eigenvalue weighted by molar-refractivity contribution is 5.63. The van der Waals surface area contributed by atoms with Gasteiger partial charge in [-0.15, -0.1) is 0 Å². The standard InChI is InChI=1S/C13H15F3N2O3/c1-12(2)10(6-11(12)19)17-8-4-3-7(13(14,15)16)5-9(8)18(20)21/h3-5,10-11,17,19H,6H2,1-2H3. The van der Waals surface area contributed by atoms with Crippen molar-refractivity contribution in [3.05, 3.63) is 33.9 Å². The van der Waals surface area contributed by atoms with Crippen molar-refractivity contribution in [2.75, 3.05) is 5.32 Å². The Labute approximate surface area is 118 Å². The average molecular weight is 304 g/mol. The molecule has 2 unspecified atom stereocenters. The third-order valence-corrected chi connectivity index (χ3v) is 4.07. The monoisotopic (exact) mass is 304 g/mol. The van der Waals surface area contributed by atoms with Crippen molar-refractivity contribution in [2.24, 2.45) is 5.41 Å². The van der Waals surface area contributed by atoms with Gasteiger partial charge in [0.05, 0.1) is 16.6 Å². The van der Waals surface area contributed by atoms with Crippen molar-refractivity contribution in [1.82, 2.24) is 0 Å². The summed E-state index contributed by atoms with van der Waals surface area (Å²) in [6.45, 7) is 3.57. The zero-order chi connectivity index (χ0) is 16.0. The number of alkyl halides is 3. The van der Waals surface area contributed by atoms with Gasteiger partial charge in [-0.2, -0.15) is 13.2 Å². The number of hydrogen-bond donors (Lipinski definition) is 2. The lowest BCUT2D eigenvalue weighted by atomic mass is 9.64. The summed E-state index contributed by atoms with van der Waals surface area (Å²) in [7, 11) is 0. The fourth-order valence-corrected chi connectivity index (χ4v) is 2.32. The summed E-state index contributed by atoms with van der Waals surface area (Å²) in [6, 6.07) is 2.15. The number of benzene rings is 1. The number of nitrogens with one attached hydrogen (secondary N) is 1. The largest absolute Gasteiger partial charge is 0.416 e. The molecule has 8 heteroatoms. The van der Waals surface area contributed by atoms with E-state index in [4.69, 9.17) is 0 Å². The Morgan fingerprint density at radius 1 is 1.43 bits per heavy atom. The van der Waals surface area contributed by atoms with E-state index in [1.54, 1.807) is 13.8 Å². The summed E-state index contributed by atoms with van der Waals surface area (Å²) in [6.07, 6.45) is -4.77. The summed E-state index contributed by atoms with van der Waals surface area (Å²) in [5.74, 6) is 0. The first-order chi connectivity index (χ1) is 9.53. The molecule has 1 aliphatic rings. The number of anilines is 1. The zero-order valence-electron chi connectivity index (χ0n) is 11.4. The van der Waals surface area contributed by atoms with Crippen LogP contribution in [0.5, 0.6) is 0 Å². The molecule has 0 heterocycles. The first-order valence-corrected chi connectivity index (χ1v) is 6.33. The summed E-state index contributed by atoms with van der Waals surface area (Å²) in [4.78, 5) is 10.1. The maximum atomic E-state index is 12.6. The number of rotatable bonds is 3. The van der Waals surface area contributed by atoms with Crippen molar-refractivity contribution in [2.45, 2.75) is 38.6 Å². The number of halogens is 3. The SMILES string of the molecule is CC1(C)C(O)CC1Nc1ccc(C(F)(F)F)cc1[N+](=O)[O-]. The Morgan fingerprint density at radius 3 is 2.48 bits per heavy atom. The number of nitro groups is 1. The predicted octanol–water partition coefficient (Wildman–Crippen LogP) is 3.18. The Hall–Kier alpha value is -1.83. The van der Waals surface area contributed by atoms with Crippen LogP contribution in [0.2, 0.25) is 0 Å². The van der Waals surface area contributed by atoms with Gasteiger partial charge in [0.1, 0.15) is 5.69 Å². The molecule has 0 bridgehead atoms. The lowest BCUT2D eigenvalue weighted by molar-refractivity contribution is -0.384. The Bertz CT molecular complexity index is 572. The van der Waals surface area contributed by atoms with E-state index in [1.807, 2.05) is 0 Å². The molecule has 2 N–H and O–H groups in total. The summed E-state index contributed by atoms with van der Waals surface area (Å²) in [5, 5.41) is 23.5. The Balaban J connectivity index is 2.30. The smallest absolute Gasteiger partial charge is 0.392 e. The molecule has 116 valence electrons. The second-order valence-electron chi connectivity index (χ2n) is 5.76. The minimum Gasteiger partial charge on any atom is -0.392 e. The molecular formula is C13H15F3N2O3. The van der Waals surface area contributed by atoms with Crippen molar-refractivity contribution in [3.63, 3.8) is 0 Å². The van der Waals surface area contributed by atoms with Gasteiger partial charge in [-0.1, -0.05) is 13.8 Å². The normalized spacial score (nSPS) is 24.3. The van der Waals surface area contributed by atoms with Gasteiger partial charge in [0.2, 0.25) is 0 Å². The molecule has 0 aromatic heterocycles. The first kappa shape index (κ1) is 15.6. The van der Waals surface area contributed by atoms with Crippen LogP contribution < -0.4 is 5.32 Å². The zero-order valence-corrected chi connectivity index (χ0v) is 11.4. The summed E-state index contributed by atoms with van der Waals surface area (Å²) < 4.78 is 37.8. The van der Waals surface area contributed by atoms with E-state index in [2.05, 4.69) is 5.32 Å². The van der Waals surface area contributed by atoms with Gasteiger partial charge in [0.15, 0.2) is 0 Å². The maximum absolute atomic E-state index is 12.6. The van der Waals surface area contributed by atoms with Crippen LogP contribution in [-0.4, -0.2) is 22.2 Å². The maximum Gasteiger partial charge on any atom is 0.416 e. The molecule has 0 saturated heterocycles. The van der Waals surface area contributed by atoms with Crippen molar-refractivity contribution in [3.8, 4) is 0 Å². The van der Waals surface area contributed by atoms with Gasteiger partial charge in [0, 0.05) is 17.5 Å². The highest BCUT2D eigenvalue weighted by atomic mass is 19.4. The molecular weight excluding hydrogens is 289 g/mol. The molecule has 0 aliphatic heterocycles. The molecule has 1 aliphatic carbocycles. The van der Waals surface area contributed by atoms with E-state index >= 15 is 0 Å². The van der Waals surface area contributed by atoms with Crippen molar-refractivity contribution in [1.29, 1.82) is 0 Å². The van der Waals surface area contributed by atoms with E-state index in [0.717, 1.165) is 12.1 Å². The molecule has 1 aromatic rings. The molecule has 5 nitrogen and oxygen atoms in total. The summed E-state index contributed by atoms with van der Waals surface area (Å²) in [5.41, 5.74) is -2.15. The molecule has 2 atom stereocenters. The van der Waals surface area contributed by atoms with E-state index in [-0.39, 0.29) is 11.7 Å². The second kappa shape index (κ2) is 4.87. The summed E-state index contributed by atoms with van der Waals surface area (Å²) >= 11 is 0. The number of aliphatic hydroxyl groups excluding tert-OH is 1. The van der Waals surface area contributed by atoms with Gasteiger partial charge < -0.3 is 10.4 Å². The van der Waals surface area contributed by atoms with Gasteiger partial charge >= 0.3 is 6.18 Å². The van der Waals surface area contributed by atoms with Crippen molar-refractivity contribution >= 4 is 11.4 Å². The lowest BCUT2D eigenvalue weighted by Crippen LogP contribution is -2.56. The van der Waals surface area contributed by atoms with E-state index in [1.165, 1.54) is 0 Å². The van der Waals surface area contributed by atoms with Gasteiger partial charge in [-0.25, -0.2) is 0 Å². The van der Waals surface area contributed by atoms with Gasteiger partial charge in [-0.3, -0.25) is 10.1 Å². The highest BCUT2D eigenvalue weighted by Crippen LogP contribution is 2.44. The van der Waals surface area contributed by atoms with E-state index in [0.29, 0.717) is 12.5 Å². The number of nitrogens with zero attached hydrogens (tertiary/aromatic N) is 1. The molecule has 1 aromatic carbocycles. The Kier molecular flexibility index (Phi) is 3.61. The molecule has 0 spiro atoms. The van der Waals surface area contributed by atoms with Crippen LogP contribution in [0.25, 0.3) is 0 Å². The van der Waals surface area contributed by atoms with Crippen LogP contribution in [0.15, 0.2) is 18.2 Å². The fourth-order valence-electron chi connectivity index (χ4n) is 2.32. The molecule has 0 amide bonds. The second-order valence-corrected chi connectivity index (χ2v) is 5.76. The topological polar surface area (TPSA) is 75.4 Å². The van der Waals surface area contributed by atoms with Crippen LogP contribution in [0.1, 0.15) is 25.8 Å². The third-order valence-electron chi connectivity index (χ3n) is 4.07. The first-order valence-electron chi connectivity index (χ1n) is 6.33. The lowest BCUT2D eigenvalue weighted by Gasteiger charge is -2.49. The van der Waals surface area contributed by atoms with Crippen LogP contribution in [0.3, 0.4) is 0 Å². The van der Waals surface area contributed by atoms with Crippen molar-refractivity contribution < 1.29 is 23.2 Å². The Morgan fingerprint density at radius 2 is 2.05 bits per heavy atom. The minimum absolute atomic E-state index is 0.0259. The van der Waals surface area contributed by atoms with Crippen LogP contribution in [0, 0.1) is 15.5 Å². The molecule has 0 radical (unpaired) electrons. The molecule has 1 saturated carbocycles. The van der Waals surface area contributed by atoms with E-state index < -0.39 is 33.9 Å². The average Bonchev–Trinajstić information content (AvgIpc) is 2.37. The van der Waals surface area contributed by atoms with E-state index in [9.17, 15) is 28.4 Å². The van der Waals surface area contributed by atoms with Crippen LogP contribution in [0.4, 0.5) is 24.5 Å². The molecule has 2 rings (SSSR count). The van der Waals surface area contributed by atoms with Gasteiger partial charge in [-0.05, 0) is 18.6 Å². The number of hydrogen-bond acceptors (Lipinski definition) is 4.